The zero-order valence-electron chi connectivity index (χ0n) is 25.9. The summed E-state index contributed by atoms with van der Waals surface area (Å²) in [6.45, 7) is 1.81. The molecule has 2 aromatic carbocycles. The Hall–Kier alpha value is -3.41. The lowest BCUT2D eigenvalue weighted by Crippen LogP contribution is -2.52. The van der Waals surface area contributed by atoms with Crippen molar-refractivity contribution < 1.29 is 46.1 Å². The van der Waals surface area contributed by atoms with Crippen LogP contribution in [0.3, 0.4) is 0 Å². The standard InChI is InChI=1S/C34H41F5N2O5/c1-2-22-6-9-28(32(44)41(26-12-15-45-20-26)21-33(35,36)34(37,38)39)30(16-22)40-13-10-23(11-14-40)19-46-27-5-3-4-25(17-27)29(18-31(42)43)24-7-8-24/h3-6,9,16-17,23-24,26,29H,2,7-8,10-15,18-21H2,1H3,(H,42,43). The van der Waals surface area contributed by atoms with Crippen LogP contribution >= 0.6 is 0 Å². The molecule has 252 valence electrons. The average molecular weight is 653 g/mol. The van der Waals surface area contributed by atoms with E-state index in [4.69, 9.17) is 9.47 Å². The number of benzene rings is 2. The van der Waals surface area contributed by atoms with Crippen molar-refractivity contribution in [1.29, 1.82) is 0 Å². The number of carbonyl (C=O) groups is 2. The van der Waals surface area contributed by atoms with Gasteiger partial charge in [0, 0.05) is 25.4 Å². The Kier molecular flexibility index (Phi) is 10.4. The molecule has 2 aromatic rings. The van der Waals surface area contributed by atoms with Crippen LogP contribution in [0.2, 0.25) is 0 Å². The minimum absolute atomic E-state index is 0.0307. The highest BCUT2D eigenvalue weighted by molar-refractivity contribution is 6.00. The molecule has 2 heterocycles. The van der Waals surface area contributed by atoms with Crippen molar-refractivity contribution in [3.05, 3.63) is 59.2 Å². The molecule has 2 saturated heterocycles. The third-order valence-electron chi connectivity index (χ3n) is 9.40. The quantitative estimate of drug-likeness (QED) is 0.236. The molecule has 1 amide bonds. The van der Waals surface area contributed by atoms with E-state index in [-0.39, 0.29) is 43.5 Å². The van der Waals surface area contributed by atoms with Crippen LogP contribution in [0.4, 0.5) is 27.6 Å². The molecule has 7 nitrogen and oxygen atoms in total. The number of hydrogen-bond acceptors (Lipinski definition) is 5. The van der Waals surface area contributed by atoms with Gasteiger partial charge in [0.2, 0.25) is 0 Å². The van der Waals surface area contributed by atoms with E-state index >= 15 is 0 Å². The van der Waals surface area contributed by atoms with Crippen molar-refractivity contribution in [3.63, 3.8) is 0 Å². The van der Waals surface area contributed by atoms with Crippen molar-refractivity contribution >= 4 is 17.6 Å². The number of aryl methyl sites for hydroxylation is 1. The molecular weight excluding hydrogens is 611 g/mol. The second-order valence-electron chi connectivity index (χ2n) is 12.7. The van der Waals surface area contributed by atoms with Gasteiger partial charge in [0.1, 0.15) is 5.75 Å². The average Bonchev–Trinajstić information content (AvgIpc) is 3.73. The van der Waals surface area contributed by atoms with Gasteiger partial charge < -0.3 is 24.4 Å². The fourth-order valence-electron chi connectivity index (χ4n) is 6.47. The van der Waals surface area contributed by atoms with Crippen LogP contribution in [0.25, 0.3) is 0 Å². The number of amides is 1. The fraction of sp³-hybridized carbons (Fsp3) is 0.588. The SMILES string of the molecule is CCc1ccc(C(=O)N(CC(F)(F)C(F)(F)F)C2CCOC2)c(N2CCC(COc3cccc(C(CC(=O)O)C4CC4)c3)CC2)c1. The summed E-state index contributed by atoms with van der Waals surface area (Å²) in [4.78, 5) is 27.8. The maximum atomic E-state index is 14.3. The number of ether oxygens (including phenoxy) is 2. The van der Waals surface area contributed by atoms with Gasteiger partial charge in [-0.1, -0.05) is 25.1 Å². The first-order valence-corrected chi connectivity index (χ1v) is 16.0. The van der Waals surface area contributed by atoms with Crippen LogP contribution in [0.5, 0.6) is 5.75 Å². The first-order chi connectivity index (χ1) is 21.9. The summed E-state index contributed by atoms with van der Waals surface area (Å²) < 4.78 is 79.5. The van der Waals surface area contributed by atoms with Crippen LogP contribution in [0, 0.1) is 11.8 Å². The molecular formula is C34H41F5N2O5. The molecule has 2 unspecified atom stereocenters. The van der Waals surface area contributed by atoms with Gasteiger partial charge in [-0.15, -0.1) is 0 Å². The highest BCUT2D eigenvalue weighted by Gasteiger charge is 2.59. The molecule has 5 rings (SSSR count). The lowest BCUT2D eigenvalue weighted by Gasteiger charge is -2.37. The number of rotatable bonds is 13. The predicted molar refractivity (Wildman–Crippen MR) is 162 cm³/mol. The number of alkyl halides is 5. The molecule has 12 heteroatoms. The highest BCUT2D eigenvalue weighted by atomic mass is 19.4. The minimum atomic E-state index is -5.79. The largest absolute Gasteiger partial charge is 0.493 e. The van der Waals surface area contributed by atoms with Crippen LogP contribution < -0.4 is 9.64 Å². The molecule has 2 aliphatic heterocycles. The summed E-state index contributed by atoms with van der Waals surface area (Å²) in [7, 11) is 0. The third-order valence-corrected chi connectivity index (χ3v) is 9.40. The number of aliphatic carboxylic acids is 1. The Bertz CT molecular complexity index is 1370. The zero-order chi connectivity index (χ0) is 33.1. The van der Waals surface area contributed by atoms with E-state index in [0.29, 0.717) is 48.4 Å². The maximum Gasteiger partial charge on any atom is 0.455 e. The van der Waals surface area contributed by atoms with Crippen LogP contribution in [0.15, 0.2) is 42.5 Å². The molecule has 0 radical (unpaired) electrons. The summed E-state index contributed by atoms with van der Waals surface area (Å²) in [5.41, 5.74) is 2.51. The van der Waals surface area contributed by atoms with Gasteiger partial charge in [-0.05, 0) is 91.7 Å². The molecule has 1 N–H and O–H groups in total. The van der Waals surface area contributed by atoms with E-state index in [1.165, 1.54) is 6.07 Å². The smallest absolute Gasteiger partial charge is 0.455 e. The lowest BCUT2D eigenvalue weighted by molar-refractivity contribution is -0.285. The summed E-state index contributed by atoms with van der Waals surface area (Å²) >= 11 is 0. The Labute approximate surface area is 265 Å². The number of halogens is 5. The van der Waals surface area contributed by atoms with Gasteiger partial charge in [0.15, 0.2) is 0 Å². The van der Waals surface area contributed by atoms with Gasteiger partial charge in [-0.3, -0.25) is 9.59 Å². The molecule has 3 fully saturated rings. The van der Waals surface area contributed by atoms with Crippen molar-refractivity contribution in [2.45, 2.75) is 75.9 Å². The van der Waals surface area contributed by atoms with Crippen molar-refractivity contribution in [3.8, 4) is 5.75 Å². The number of nitrogens with zero attached hydrogens (tertiary/aromatic N) is 2. The fourth-order valence-corrected chi connectivity index (χ4v) is 6.47. The van der Waals surface area contributed by atoms with Crippen LogP contribution in [-0.2, 0) is 16.0 Å². The normalized spacial score (nSPS) is 20.0. The summed E-state index contributed by atoms with van der Waals surface area (Å²) in [6, 6.07) is 11.8. The topological polar surface area (TPSA) is 79.3 Å². The highest BCUT2D eigenvalue weighted by Crippen LogP contribution is 2.45. The van der Waals surface area contributed by atoms with E-state index in [1.807, 2.05) is 42.2 Å². The van der Waals surface area contributed by atoms with Crippen LogP contribution in [0.1, 0.15) is 72.9 Å². The molecule has 0 bridgehead atoms. The van der Waals surface area contributed by atoms with E-state index in [1.54, 1.807) is 6.07 Å². The number of anilines is 1. The molecule has 1 aliphatic carbocycles. The van der Waals surface area contributed by atoms with Crippen molar-refractivity contribution in [1.82, 2.24) is 4.90 Å². The van der Waals surface area contributed by atoms with Gasteiger partial charge in [-0.2, -0.15) is 22.0 Å². The number of piperidine rings is 1. The predicted octanol–water partition coefficient (Wildman–Crippen LogP) is 6.94. The maximum absolute atomic E-state index is 14.3. The molecule has 1 saturated carbocycles. The van der Waals surface area contributed by atoms with Gasteiger partial charge in [0.25, 0.3) is 5.91 Å². The first-order valence-electron chi connectivity index (χ1n) is 16.0. The number of hydrogen-bond donors (Lipinski definition) is 1. The Balaban J connectivity index is 1.26. The minimum Gasteiger partial charge on any atom is -0.493 e. The van der Waals surface area contributed by atoms with Gasteiger partial charge in [0.05, 0.1) is 37.8 Å². The summed E-state index contributed by atoms with van der Waals surface area (Å²) in [5.74, 6) is -5.51. The molecule has 2 atom stereocenters. The summed E-state index contributed by atoms with van der Waals surface area (Å²) in [6.07, 6.45) is -1.36. The van der Waals surface area contributed by atoms with Crippen molar-refractivity contribution in [2.75, 3.05) is 44.4 Å². The third kappa shape index (κ3) is 8.11. The molecule has 3 aliphatic rings. The van der Waals surface area contributed by atoms with E-state index < -0.39 is 36.6 Å². The van der Waals surface area contributed by atoms with Crippen molar-refractivity contribution in [2.24, 2.45) is 11.8 Å². The summed E-state index contributed by atoms with van der Waals surface area (Å²) in [5, 5.41) is 9.36. The van der Waals surface area contributed by atoms with E-state index in [0.717, 1.165) is 36.8 Å². The second kappa shape index (κ2) is 14.1. The second-order valence-corrected chi connectivity index (χ2v) is 12.7. The number of carbonyl (C=O) groups excluding carboxylic acids is 1. The Morgan fingerprint density at radius 1 is 1.04 bits per heavy atom. The Morgan fingerprint density at radius 3 is 2.39 bits per heavy atom. The molecule has 46 heavy (non-hydrogen) atoms. The number of carboxylic acid groups (broad SMARTS) is 1. The zero-order valence-corrected chi connectivity index (χ0v) is 25.9. The molecule has 0 spiro atoms. The lowest BCUT2D eigenvalue weighted by atomic mass is 9.91. The van der Waals surface area contributed by atoms with Gasteiger partial charge in [-0.25, -0.2) is 0 Å². The van der Waals surface area contributed by atoms with Crippen LogP contribution in [-0.4, -0.2) is 79.5 Å². The van der Waals surface area contributed by atoms with Gasteiger partial charge >= 0.3 is 18.1 Å². The molecule has 0 aromatic heterocycles. The Morgan fingerprint density at radius 2 is 1.78 bits per heavy atom. The monoisotopic (exact) mass is 652 g/mol. The van der Waals surface area contributed by atoms with E-state index in [9.17, 15) is 36.6 Å². The first kappa shape index (κ1) is 33.9. The number of carboxylic acids is 1. The van der Waals surface area contributed by atoms with E-state index in [2.05, 4.69) is 0 Å².